The zero-order chi connectivity index (χ0) is 13.6. The van der Waals surface area contributed by atoms with Crippen molar-refractivity contribution in [3.63, 3.8) is 0 Å². The molecule has 0 bridgehead atoms. The summed E-state index contributed by atoms with van der Waals surface area (Å²) in [4.78, 5) is 13.7. The molecule has 1 saturated heterocycles. The minimum atomic E-state index is -0.663. The fraction of sp³-hybridized carbons (Fsp3) is 0.500. The first-order valence-corrected chi connectivity index (χ1v) is 6.64. The first-order valence-electron chi connectivity index (χ1n) is 6.64. The van der Waals surface area contributed by atoms with E-state index < -0.39 is 5.91 Å². The molecule has 0 radical (unpaired) electrons. The Kier molecular flexibility index (Phi) is 3.03. The summed E-state index contributed by atoms with van der Waals surface area (Å²) in [6.07, 6.45) is 2.80. The summed E-state index contributed by atoms with van der Waals surface area (Å²) in [7, 11) is 0. The molecular formula is C14H17FN2O2. The van der Waals surface area contributed by atoms with E-state index in [0.29, 0.717) is 6.04 Å². The molecule has 0 saturated carbocycles. The van der Waals surface area contributed by atoms with Crippen LogP contribution in [0.1, 0.15) is 47.3 Å². The van der Waals surface area contributed by atoms with Crippen molar-refractivity contribution in [2.24, 2.45) is 0 Å². The topological polar surface area (TPSA) is 52.6 Å². The second kappa shape index (κ2) is 4.58. The van der Waals surface area contributed by atoms with E-state index >= 15 is 0 Å². The van der Waals surface area contributed by atoms with Crippen molar-refractivity contribution >= 4 is 5.91 Å². The number of hydrogen-bond acceptors (Lipinski definition) is 3. The molecule has 2 heterocycles. The summed E-state index contributed by atoms with van der Waals surface area (Å²) in [5.41, 5.74) is 3.37. The summed E-state index contributed by atoms with van der Waals surface area (Å²) in [5, 5.41) is 8.64. The molecule has 19 heavy (non-hydrogen) atoms. The molecule has 2 atom stereocenters. The number of benzene rings is 1. The minimum absolute atomic E-state index is 0.144. The van der Waals surface area contributed by atoms with Crippen molar-refractivity contribution < 1.29 is 14.4 Å². The molecule has 5 heteroatoms. The number of halogens is 1. The zero-order valence-electron chi connectivity index (χ0n) is 10.8. The Balaban J connectivity index is 2.04. The van der Waals surface area contributed by atoms with E-state index in [1.807, 2.05) is 0 Å². The number of nitrogens with zero attached hydrogens (tertiary/aromatic N) is 1. The SMILES string of the molecule is C[C@@H]1CC[C@H]2c3c(F)cc(C(=O)NO)cc3CCN12. The molecule has 1 aromatic carbocycles. The van der Waals surface area contributed by atoms with Gasteiger partial charge in [-0.3, -0.25) is 14.9 Å². The Morgan fingerprint density at radius 3 is 3.00 bits per heavy atom. The van der Waals surface area contributed by atoms with Crippen LogP contribution < -0.4 is 5.48 Å². The molecule has 2 aliphatic rings. The van der Waals surface area contributed by atoms with Gasteiger partial charge >= 0.3 is 0 Å². The van der Waals surface area contributed by atoms with Gasteiger partial charge in [-0.05, 0) is 43.9 Å². The maximum absolute atomic E-state index is 14.3. The Hall–Kier alpha value is -1.46. The van der Waals surface area contributed by atoms with Gasteiger partial charge in [0.1, 0.15) is 5.82 Å². The molecule has 1 aromatic rings. The first kappa shape index (κ1) is 12.6. The Morgan fingerprint density at radius 2 is 2.26 bits per heavy atom. The van der Waals surface area contributed by atoms with Crippen molar-refractivity contribution in [1.29, 1.82) is 0 Å². The van der Waals surface area contributed by atoms with Gasteiger partial charge < -0.3 is 0 Å². The molecule has 1 fully saturated rings. The van der Waals surface area contributed by atoms with Gasteiger partial charge in [-0.25, -0.2) is 9.87 Å². The second-order valence-corrected chi connectivity index (χ2v) is 5.40. The van der Waals surface area contributed by atoms with Crippen LogP contribution in [0.4, 0.5) is 4.39 Å². The maximum atomic E-state index is 14.3. The molecule has 1 amide bonds. The highest BCUT2D eigenvalue weighted by Crippen LogP contribution is 2.42. The maximum Gasteiger partial charge on any atom is 0.274 e. The highest BCUT2D eigenvalue weighted by atomic mass is 19.1. The molecule has 2 aliphatic heterocycles. The Bertz CT molecular complexity index is 532. The van der Waals surface area contributed by atoms with Crippen LogP contribution in [0.2, 0.25) is 0 Å². The molecule has 0 unspecified atom stereocenters. The predicted octanol–water partition coefficient (Wildman–Crippen LogP) is 2.03. The molecular weight excluding hydrogens is 247 g/mol. The molecule has 0 aromatic heterocycles. The quantitative estimate of drug-likeness (QED) is 0.603. The number of hydrogen-bond donors (Lipinski definition) is 2. The van der Waals surface area contributed by atoms with Crippen LogP contribution in [0.15, 0.2) is 12.1 Å². The van der Waals surface area contributed by atoms with Crippen molar-refractivity contribution in [3.05, 3.63) is 34.6 Å². The van der Waals surface area contributed by atoms with Crippen LogP contribution in [0.3, 0.4) is 0 Å². The van der Waals surface area contributed by atoms with Gasteiger partial charge in [-0.15, -0.1) is 0 Å². The molecule has 0 spiro atoms. The van der Waals surface area contributed by atoms with Gasteiger partial charge in [0.15, 0.2) is 0 Å². The van der Waals surface area contributed by atoms with Crippen molar-refractivity contribution in [3.8, 4) is 0 Å². The van der Waals surface area contributed by atoms with Gasteiger partial charge in [-0.2, -0.15) is 0 Å². The second-order valence-electron chi connectivity index (χ2n) is 5.40. The number of hydroxylamine groups is 1. The minimum Gasteiger partial charge on any atom is -0.293 e. The summed E-state index contributed by atoms with van der Waals surface area (Å²) in [6.45, 7) is 3.08. The average molecular weight is 264 g/mol. The largest absolute Gasteiger partial charge is 0.293 e. The highest BCUT2D eigenvalue weighted by molar-refractivity contribution is 5.93. The normalized spacial score (nSPS) is 25.8. The smallest absolute Gasteiger partial charge is 0.274 e. The third kappa shape index (κ3) is 1.93. The lowest BCUT2D eigenvalue weighted by Gasteiger charge is -2.34. The average Bonchev–Trinajstić information content (AvgIpc) is 2.79. The van der Waals surface area contributed by atoms with Gasteiger partial charge in [0.25, 0.3) is 5.91 Å². The van der Waals surface area contributed by atoms with Crippen LogP contribution >= 0.6 is 0 Å². The standard InChI is InChI=1S/C14H17FN2O2/c1-8-2-3-12-13-9(4-5-17(8)12)6-10(7-11(13)15)14(18)16-19/h6-8,12,19H,2-5H2,1H3,(H,16,18)/t8-,12+/m1/s1. The number of rotatable bonds is 1. The summed E-state index contributed by atoms with van der Waals surface area (Å²) < 4.78 is 14.3. The van der Waals surface area contributed by atoms with E-state index in [1.165, 1.54) is 6.07 Å². The third-order valence-electron chi connectivity index (χ3n) is 4.38. The highest BCUT2D eigenvalue weighted by Gasteiger charge is 2.37. The predicted molar refractivity (Wildman–Crippen MR) is 67.5 cm³/mol. The molecule has 4 nitrogen and oxygen atoms in total. The number of carbonyl (C=O) groups excluding carboxylic acids is 1. The van der Waals surface area contributed by atoms with Gasteiger partial charge in [0, 0.05) is 29.8 Å². The van der Waals surface area contributed by atoms with E-state index in [1.54, 1.807) is 11.5 Å². The lowest BCUT2D eigenvalue weighted by Crippen LogP contribution is -2.36. The molecule has 0 aliphatic carbocycles. The van der Waals surface area contributed by atoms with Gasteiger partial charge in [-0.1, -0.05) is 0 Å². The number of fused-ring (bicyclic) bond motifs is 3. The lowest BCUT2D eigenvalue weighted by molar-refractivity contribution is 0.0705. The summed E-state index contributed by atoms with van der Waals surface area (Å²) >= 11 is 0. The van der Waals surface area contributed by atoms with Crippen LogP contribution in [0.25, 0.3) is 0 Å². The Labute approximate surface area is 111 Å². The monoisotopic (exact) mass is 264 g/mol. The van der Waals surface area contributed by atoms with E-state index in [-0.39, 0.29) is 17.4 Å². The Morgan fingerprint density at radius 1 is 1.47 bits per heavy atom. The fourth-order valence-corrected chi connectivity index (χ4v) is 3.42. The first-order chi connectivity index (χ1) is 9.11. The van der Waals surface area contributed by atoms with Crippen molar-refractivity contribution in [2.45, 2.75) is 38.3 Å². The summed E-state index contributed by atoms with van der Waals surface area (Å²) in [5.74, 6) is -0.996. The van der Waals surface area contributed by atoms with Crippen molar-refractivity contribution in [2.75, 3.05) is 6.54 Å². The van der Waals surface area contributed by atoms with E-state index in [9.17, 15) is 9.18 Å². The van der Waals surface area contributed by atoms with Crippen LogP contribution in [-0.4, -0.2) is 28.6 Å². The third-order valence-corrected chi connectivity index (χ3v) is 4.38. The van der Waals surface area contributed by atoms with Crippen LogP contribution in [0.5, 0.6) is 0 Å². The number of nitrogens with one attached hydrogen (secondary N) is 1. The van der Waals surface area contributed by atoms with Crippen LogP contribution in [-0.2, 0) is 6.42 Å². The van der Waals surface area contributed by atoms with E-state index in [2.05, 4.69) is 11.8 Å². The van der Waals surface area contributed by atoms with E-state index in [4.69, 9.17) is 5.21 Å². The van der Waals surface area contributed by atoms with E-state index in [0.717, 1.165) is 36.9 Å². The summed E-state index contributed by atoms with van der Waals surface area (Å²) in [6, 6.07) is 3.56. The van der Waals surface area contributed by atoms with Gasteiger partial charge in [0.05, 0.1) is 0 Å². The molecule has 102 valence electrons. The zero-order valence-corrected chi connectivity index (χ0v) is 10.8. The van der Waals surface area contributed by atoms with Gasteiger partial charge in [0.2, 0.25) is 0 Å². The van der Waals surface area contributed by atoms with Crippen molar-refractivity contribution in [1.82, 2.24) is 10.4 Å². The number of amides is 1. The molecule has 2 N–H and O–H groups in total. The van der Waals surface area contributed by atoms with Crippen LogP contribution in [0, 0.1) is 5.82 Å². The number of carbonyl (C=O) groups is 1. The molecule has 3 rings (SSSR count). The fourth-order valence-electron chi connectivity index (χ4n) is 3.42. The lowest BCUT2D eigenvalue weighted by atomic mass is 9.90.